The maximum atomic E-state index is 13.2. The van der Waals surface area contributed by atoms with Crippen molar-refractivity contribution in [2.75, 3.05) is 27.3 Å². The van der Waals surface area contributed by atoms with Crippen molar-refractivity contribution in [1.82, 2.24) is 14.5 Å². The maximum absolute atomic E-state index is 13.2. The molecule has 1 saturated heterocycles. The Kier molecular flexibility index (Phi) is 5.10. The number of carbonyl (C=O) groups is 1. The average molecular weight is 411 g/mol. The number of aromatic nitrogens is 2. The van der Waals surface area contributed by atoms with E-state index in [9.17, 15) is 9.59 Å². The Labute approximate surface area is 172 Å². The monoisotopic (exact) mass is 411 g/mol. The third-order valence-electron chi connectivity index (χ3n) is 5.16. The van der Waals surface area contributed by atoms with E-state index in [0.717, 1.165) is 25.9 Å². The first-order chi connectivity index (χ1) is 14.0. The number of hydrogen-bond donors (Lipinski definition) is 1. The highest BCUT2D eigenvalue weighted by molar-refractivity contribution is 7.71. The minimum absolute atomic E-state index is 0.0206. The van der Waals surface area contributed by atoms with Crippen LogP contribution in [0, 0.1) is 4.77 Å². The molecule has 0 unspecified atom stereocenters. The molecular formula is C21H21N3O4S. The van der Waals surface area contributed by atoms with Crippen molar-refractivity contribution in [3.8, 4) is 17.2 Å². The molecule has 0 atom stereocenters. The number of amides is 1. The topological polar surface area (TPSA) is 76.6 Å². The molecule has 0 aliphatic carbocycles. The van der Waals surface area contributed by atoms with Crippen molar-refractivity contribution in [3.63, 3.8) is 0 Å². The van der Waals surface area contributed by atoms with Crippen molar-refractivity contribution >= 4 is 29.0 Å². The Morgan fingerprint density at radius 1 is 1.03 bits per heavy atom. The number of ether oxygens (including phenoxy) is 2. The summed E-state index contributed by atoms with van der Waals surface area (Å²) in [5, 5.41) is 0.450. The van der Waals surface area contributed by atoms with Crippen molar-refractivity contribution in [1.29, 1.82) is 0 Å². The number of hydrogen-bond acceptors (Lipinski definition) is 5. The number of benzene rings is 2. The van der Waals surface area contributed by atoms with Crippen LogP contribution in [-0.4, -0.2) is 47.7 Å². The van der Waals surface area contributed by atoms with Gasteiger partial charge in [-0.1, -0.05) is 0 Å². The van der Waals surface area contributed by atoms with E-state index in [1.807, 2.05) is 4.90 Å². The van der Waals surface area contributed by atoms with Crippen molar-refractivity contribution in [2.45, 2.75) is 12.8 Å². The normalized spacial score (nSPS) is 13.7. The molecule has 150 valence electrons. The molecule has 1 aliphatic heterocycles. The Balaban J connectivity index is 1.82. The fourth-order valence-corrected chi connectivity index (χ4v) is 3.95. The summed E-state index contributed by atoms with van der Waals surface area (Å²) in [5.41, 5.74) is 1.39. The SMILES string of the molecule is COc1ccc(-n2c(=S)[nH]c3cc(C(=O)N4CCCC4)ccc3c2=O)cc1OC. The predicted molar refractivity (Wildman–Crippen MR) is 113 cm³/mol. The second-order valence-electron chi connectivity index (χ2n) is 6.87. The van der Waals surface area contributed by atoms with E-state index in [1.54, 1.807) is 43.5 Å². The highest BCUT2D eigenvalue weighted by atomic mass is 32.1. The Morgan fingerprint density at radius 3 is 2.45 bits per heavy atom. The molecule has 0 saturated carbocycles. The molecule has 7 nitrogen and oxygen atoms in total. The number of rotatable bonds is 4. The van der Waals surface area contributed by atoms with Crippen LogP contribution in [-0.2, 0) is 0 Å². The van der Waals surface area contributed by atoms with Gasteiger partial charge in [0.25, 0.3) is 11.5 Å². The first kappa shape index (κ1) is 19.2. The van der Waals surface area contributed by atoms with Crippen LogP contribution in [0.25, 0.3) is 16.6 Å². The third-order valence-corrected chi connectivity index (χ3v) is 5.45. The van der Waals surface area contributed by atoms with Crippen LogP contribution in [0.5, 0.6) is 11.5 Å². The van der Waals surface area contributed by atoms with E-state index in [1.165, 1.54) is 11.7 Å². The van der Waals surface area contributed by atoms with E-state index in [0.29, 0.717) is 33.7 Å². The Bertz CT molecular complexity index is 1210. The first-order valence-electron chi connectivity index (χ1n) is 9.34. The van der Waals surface area contributed by atoms with Gasteiger partial charge in [-0.15, -0.1) is 0 Å². The second kappa shape index (κ2) is 7.71. The number of H-pyrrole nitrogens is 1. The molecule has 0 spiro atoms. The first-order valence-corrected chi connectivity index (χ1v) is 9.75. The van der Waals surface area contributed by atoms with Crippen molar-refractivity contribution < 1.29 is 14.3 Å². The van der Waals surface area contributed by atoms with Gasteiger partial charge in [-0.2, -0.15) is 0 Å². The number of methoxy groups -OCH3 is 2. The molecule has 2 aromatic carbocycles. The zero-order valence-corrected chi connectivity index (χ0v) is 17.0. The molecule has 1 fully saturated rings. The van der Waals surface area contributed by atoms with Crippen molar-refractivity contribution in [2.24, 2.45) is 0 Å². The van der Waals surface area contributed by atoms with Gasteiger partial charge >= 0.3 is 0 Å². The molecule has 29 heavy (non-hydrogen) atoms. The fraction of sp³-hybridized carbons (Fsp3) is 0.286. The van der Waals surface area contributed by atoms with Gasteiger partial charge < -0.3 is 19.4 Å². The van der Waals surface area contributed by atoms with Gasteiger partial charge in [-0.25, -0.2) is 0 Å². The van der Waals surface area contributed by atoms with Gasteiger partial charge in [0, 0.05) is 24.7 Å². The predicted octanol–water partition coefficient (Wildman–Crippen LogP) is 3.30. The summed E-state index contributed by atoms with van der Waals surface area (Å²) in [6, 6.07) is 10.2. The number of nitrogens with one attached hydrogen (secondary N) is 1. The second-order valence-corrected chi connectivity index (χ2v) is 7.26. The molecule has 1 N–H and O–H groups in total. The Morgan fingerprint density at radius 2 is 1.76 bits per heavy atom. The zero-order chi connectivity index (χ0) is 20.5. The van der Waals surface area contributed by atoms with Crippen LogP contribution >= 0.6 is 12.2 Å². The van der Waals surface area contributed by atoms with Gasteiger partial charge in [0.1, 0.15) is 0 Å². The summed E-state index contributed by atoms with van der Waals surface area (Å²) in [7, 11) is 3.08. The van der Waals surface area contributed by atoms with Gasteiger partial charge in [-0.05, 0) is 55.4 Å². The lowest BCUT2D eigenvalue weighted by molar-refractivity contribution is 0.0793. The van der Waals surface area contributed by atoms with Crippen LogP contribution in [0.15, 0.2) is 41.2 Å². The molecule has 2 heterocycles. The van der Waals surface area contributed by atoms with Gasteiger partial charge in [-0.3, -0.25) is 14.2 Å². The van der Waals surface area contributed by atoms with Crippen LogP contribution in [0.3, 0.4) is 0 Å². The molecule has 1 aliphatic rings. The molecule has 0 radical (unpaired) electrons. The smallest absolute Gasteiger partial charge is 0.266 e. The molecular weight excluding hydrogens is 390 g/mol. The van der Waals surface area contributed by atoms with E-state index in [-0.39, 0.29) is 16.2 Å². The van der Waals surface area contributed by atoms with Crippen LogP contribution in [0.1, 0.15) is 23.2 Å². The highest BCUT2D eigenvalue weighted by Gasteiger charge is 2.20. The van der Waals surface area contributed by atoms with Gasteiger partial charge in [0.2, 0.25) is 0 Å². The van der Waals surface area contributed by atoms with Gasteiger partial charge in [0.05, 0.1) is 30.8 Å². The number of carbonyl (C=O) groups excluding carboxylic acids is 1. The summed E-state index contributed by atoms with van der Waals surface area (Å²) < 4.78 is 12.2. The molecule has 4 rings (SSSR count). The highest BCUT2D eigenvalue weighted by Crippen LogP contribution is 2.29. The molecule has 8 heteroatoms. The molecule has 0 bridgehead atoms. The summed E-state index contributed by atoms with van der Waals surface area (Å²) in [6.45, 7) is 1.54. The average Bonchev–Trinajstić information content (AvgIpc) is 3.27. The standard InChI is InChI=1S/C21H21N3O4S/c1-27-17-8-6-14(12-18(17)28-2)24-20(26)15-7-5-13(11-16(15)22-21(24)29)19(25)23-9-3-4-10-23/h5-8,11-12H,3-4,9-10H2,1-2H3,(H,22,29). The summed E-state index contributed by atoms with van der Waals surface area (Å²) in [6.07, 6.45) is 2.05. The number of likely N-dealkylation sites (tertiary alicyclic amines) is 1. The summed E-state index contributed by atoms with van der Waals surface area (Å²) in [5.74, 6) is 1.04. The number of nitrogens with zero attached hydrogens (tertiary/aromatic N) is 2. The van der Waals surface area contributed by atoms with Crippen LogP contribution in [0.2, 0.25) is 0 Å². The van der Waals surface area contributed by atoms with E-state index >= 15 is 0 Å². The van der Waals surface area contributed by atoms with E-state index < -0.39 is 0 Å². The molecule has 1 amide bonds. The van der Waals surface area contributed by atoms with Gasteiger partial charge in [0.15, 0.2) is 16.3 Å². The lowest BCUT2D eigenvalue weighted by Crippen LogP contribution is -2.27. The number of fused-ring (bicyclic) bond motifs is 1. The summed E-state index contributed by atoms with van der Waals surface area (Å²) >= 11 is 5.45. The zero-order valence-electron chi connectivity index (χ0n) is 16.2. The maximum Gasteiger partial charge on any atom is 0.266 e. The fourth-order valence-electron chi connectivity index (χ4n) is 3.65. The number of aromatic amines is 1. The van der Waals surface area contributed by atoms with Crippen LogP contribution in [0.4, 0.5) is 0 Å². The van der Waals surface area contributed by atoms with E-state index in [2.05, 4.69) is 4.98 Å². The minimum Gasteiger partial charge on any atom is -0.493 e. The van der Waals surface area contributed by atoms with Crippen molar-refractivity contribution in [3.05, 3.63) is 57.1 Å². The largest absolute Gasteiger partial charge is 0.493 e. The Hall–Kier alpha value is -3.13. The lowest BCUT2D eigenvalue weighted by atomic mass is 10.1. The summed E-state index contributed by atoms with van der Waals surface area (Å²) in [4.78, 5) is 30.7. The third kappa shape index (κ3) is 3.40. The lowest BCUT2D eigenvalue weighted by Gasteiger charge is -2.16. The molecule has 3 aromatic rings. The van der Waals surface area contributed by atoms with Crippen LogP contribution < -0.4 is 15.0 Å². The molecule has 1 aromatic heterocycles. The minimum atomic E-state index is -0.267. The quantitative estimate of drug-likeness (QED) is 0.667. The van der Waals surface area contributed by atoms with E-state index in [4.69, 9.17) is 21.7 Å².